The lowest BCUT2D eigenvalue weighted by Crippen LogP contribution is -2.51. The zero-order valence-corrected chi connectivity index (χ0v) is 16.1. The van der Waals surface area contributed by atoms with Crippen LogP contribution < -0.4 is 5.32 Å². The number of likely N-dealkylation sites (tertiary alicyclic amines) is 1. The van der Waals surface area contributed by atoms with E-state index in [1.807, 2.05) is 4.90 Å². The lowest BCUT2D eigenvalue weighted by atomic mass is 9.91. The van der Waals surface area contributed by atoms with Crippen LogP contribution in [0.1, 0.15) is 27.2 Å². The molecule has 27 heavy (non-hydrogen) atoms. The third-order valence-corrected chi connectivity index (χ3v) is 4.90. The molecule has 1 aromatic carbocycles. The third kappa shape index (κ3) is 5.22. The first kappa shape index (κ1) is 21.2. The summed E-state index contributed by atoms with van der Waals surface area (Å²) in [7, 11) is 1.61. The van der Waals surface area contributed by atoms with Crippen LogP contribution in [0.3, 0.4) is 0 Å². The van der Waals surface area contributed by atoms with Gasteiger partial charge in [0, 0.05) is 13.1 Å². The van der Waals surface area contributed by atoms with E-state index in [9.17, 15) is 22.8 Å². The fraction of sp³-hybridized carbons (Fsp3) is 0.579. The monoisotopic (exact) mass is 385 g/mol. The van der Waals surface area contributed by atoms with Crippen molar-refractivity contribution in [3.8, 4) is 0 Å². The fourth-order valence-electron chi connectivity index (χ4n) is 3.47. The zero-order valence-electron chi connectivity index (χ0n) is 16.1. The molecule has 1 aromatic rings. The second kappa shape index (κ2) is 8.73. The van der Waals surface area contributed by atoms with Gasteiger partial charge in [-0.15, -0.1) is 0 Å². The summed E-state index contributed by atoms with van der Waals surface area (Å²) in [4.78, 5) is 28.2. The number of amides is 2. The highest BCUT2D eigenvalue weighted by Gasteiger charge is 2.30. The molecule has 2 amide bonds. The first-order valence-electron chi connectivity index (χ1n) is 9.02. The smallest absolute Gasteiger partial charge is 0.239 e. The van der Waals surface area contributed by atoms with E-state index in [1.54, 1.807) is 18.9 Å². The molecule has 1 aliphatic heterocycles. The van der Waals surface area contributed by atoms with E-state index >= 15 is 0 Å². The van der Waals surface area contributed by atoms with E-state index < -0.39 is 35.1 Å². The minimum absolute atomic E-state index is 0.0669. The molecular formula is C19H26F3N3O2. The number of hydrogen-bond donors (Lipinski definition) is 1. The molecule has 0 saturated carbocycles. The van der Waals surface area contributed by atoms with Crippen LogP contribution in [-0.2, 0) is 9.59 Å². The molecule has 1 fully saturated rings. The maximum Gasteiger partial charge on any atom is 0.239 e. The lowest BCUT2D eigenvalue weighted by Gasteiger charge is -2.38. The number of anilines is 1. The molecule has 1 aliphatic rings. The normalized spacial score (nSPS) is 21.3. The molecular weight excluding hydrogens is 359 g/mol. The number of hydrogen-bond acceptors (Lipinski definition) is 3. The summed E-state index contributed by atoms with van der Waals surface area (Å²) in [6, 6.07) is 1.15. The Kier molecular flexibility index (Phi) is 6.86. The van der Waals surface area contributed by atoms with Crippen molar-refractivity contribution >= 4 is 17.5 Å². The highest BCUT2D eigenvalue weighted by Crippen LogP contribution is 2.22. The van der Waals surface area contributed by atoms with Crippen molar-refractivity contribution in [3.63, 3.8) is 0 Å². The largest absolute Gasteiger partial charge is 0.341 e. The number of benzene rings is 1. The molecule has 8 heteroatoms. The minimum Gasteiger partial charge on any atom is -0.341 e. The summed E-state index contributed by atoms with van der Waals surface area (Å²) < 4.78 is 39.9. The van der Waals surface area contributed by atoms with Gasteiger partial charge in [0.2, 0.25) is 11.8 Å². The molecule has 1 saturated heterocycles. The van der Waals surface area contributed by atoms with Crippen LogP contribution in [0, 0.1) is 29.3 Å². The van der Waals surface area contributed by atoms with Crippen molar-refractivity contribution in [3.05, 3.63) is 29.6 Å². The lowest BCUT2D eigenvalue weighted by molar-refractivity contribution is -0.139. The molecule has 0 unspecified atom stereocenters. The summed E-state index contributed by atoms with van der Waals surface area (Å²) in [5.74, 6) is -4.26. The molecule has 0 spiro atoms. The van der Waals surface area contributed by atoms with Crippen molar-refractivity contribution < 1.29 is 22.8 Å². The van der Waals surface area contributed by atoms with Crippen molar-refractivity contribution in [1.82, 2.24) is 9.80 Å². The van der Waals surface area contributed by atoms with Crippen LogP contribution >= 0.6 is 0 Å². The van der Waals surface area contributed by atoms with E-state index in [0.29, 0.717) is 24.9 Å². The third-order valence-electron chi connectivity index (χ3n) is 4.90. The summed E-state index contributed by atoms with van der Waals surface area (Å²) in [6.45, 7) is 7.10. The van der Waals surface area contributed by atoms with Crippen LogP contribution in [0.5, 0.6) is 0 Å². The minimum atomic E-state index is -1.64. The Labute approximate surface area is 157 Å². The van der Waals surface area contributed by atoms with Crippen LogP contribution in [0.2, 0.25) is 0 Å². The molecule has 3 atom stereocenters. The Morgan fingerprint density at radius 1 is 1.19 bits per heavy atom. The number of rotatable bonds is 5. The predicted molar refractivity (Wildman–Crippen MR) is 96.6 cm³/mol. The number of nitrogens with one attached hydrogen (secondary N) is 1. The Morgan fingerprint density at radius 2 is 1.78 bits per heavy atom. The van der Waals surface area contributed by atoms with Crippen molar-refractivity contribution in [2.45, 2.75) is 33.2 Å². The van der Waals surface area contributed by atoms with E-state index in [4.69, 9.17) is 0 Å². The number of nitrogens with zero attached hydrogens (tertiary/aromatic N) is 2. The number of piperidine rings is 1. The summed E-state index contributed by atoms with van der Waals surface area (Å²) in [5.41, 5.74) is -0.440. The molecule has 0 radical (unpaired) electrons. The topological polar surface area (TPSA) is 52.7 Å². The molecule has 1 heterocycles. The maximum atomic E-state index is 13.7. The summed E-state index contributed by atoms with van der Waals surface area (Å²) >= 11 is 0. The van der Waals surface area contributed by atoms with Gasteiger partial charge in [0.05, 0.1) is 18.3 Å². The quantitative estimate of drug-likeness (QED) is 0.793. The zero-order chi connectivity index (χ0) is 20.3. The van der Waals surface area contributed by atoms with E-state index in [-0.39, 0.29) is 12.5 Å². The van der Waals surface area contributed by atoms with Crippen LogP contribution in [0.15, 0.2) is 12.1 Å². The first-order valence-corrected chi connectivity index (χ1v) is 9.02. The van der Waals surface area contributed by atoms with Gasteiger partial charge in [0.15, 0.2) is 17.5 Å². The average molecular weight is 385 g/mol. The highest BCUT2D eigenvalue weighted by molar-refractivity contribution is 5.93. The molecule has 2 rings (SSSR count). The van der Waals surface area contributed by atoms with Gasteiger partial charge in [-0.3, -0.25) is 14.5 Å². The number of carbonyl (C=O) groups excluding carboxylic acids is 2. The average Bonchev–Trinajstić information content (AvgIpc) is 2.60. The van der Waals surface area contributed by atoms with Crippen LogP contribution in [0.25, 0.3) is 0 Å². The Balaban J connectivity index is 1.95. The van der Waals surface area contributed by atoms with Gasteiger partial charge in [0.25, 0.3) is 0 Å². The first-order chi connectivity index (χ1) is 12.6. The summed E-state index contributed by atoms with van der Waals surface area (Å²) in [5, 5.41) is 2.21. The van der Waals surface area contributed by atoms with E-state index in [0.717, 1.165) is 18.6 Å². The van der Waals surface area contributed by atoms with Gasteiger partial charge in [0.1, 0.15) is 0 Å². The SMILES string of the molecule is C[C@@H]1C[C@H](C)CN(C(=O)[C@@H](C)N(C)CC(=O)Nc2ccc(F)c(F)c2F)C1. The standard InChI is InChI=1S/C19H26F3N3O2/c1-11-7-12(2)9-25(8-11)19(27)13(3)24(4)10-16(26)23-15-6-5-14(20)17(21)18(15)22/h5-6,11-13H,7-10H2,1-4H3,(H,23,26)/t11-,12+,13-/m1/s1. The van der Waals surface area contributed by atoms with Crippen molar-refractivity contribution in [1.29, 1.82) is 0 Å². The molecule has 0 aromatic heterocycles. The van der Waals surface area contributed by atoms with E-state index in [1.165, 1.54) is 0 Å². The second-order valence-electron chi connectivity index (χ2n) is 7.55. The van der Waals surface area contributed by atoms with Gasteiger partial charge in [-0.05, 0) is 44.4 Å². The Hall–Kier alpha value is -2.09. The number of carbonyl (C=O) groups is 2. The van der Waals surface area contributed by atoms with E-state index in [2.05, 4.69) is 19.2 Å². The van der Waals surface area contributed by atoms with Gasteiger partial charge >= 0.3 is 0 Å². The molecule has 1 N–H and O–H groups in total. The molecule has 0 aliphatic carbocycles. The van der Waals surface area contributed by atoms with Gasteiger partial charge in [-0.1, -0.05) is 13.8 Å². The maximum absolute atomic E-state index is 13.7. The Bertz CT molecular complexity index is 704. The van der Waals surface area contributed by atoms with Gasteiger partial charge in [-0.2, -0.15) is 0 Å². The second-order valence-corrected chi connectivity index (χ2v) is 7.55. The molecule has 150 valence electrons. The molecule has 0 bridgehead atoms. The summed E-state index contributed by atoms with van der Waals surface area (Å²) in [6.07, 6.45) is 1.08. The van der Waals surface area contributed by atoms with Crippen molar-refractivity contribution in [2.75, 3.05) is 32.0 Å². The van der Waals surface area contributed by atoms with Gasteiger partial charge in [-0.25, -0.2) is 13.2 Å². The number of likely N-dealkylation sites (N-methyl/N-ethyl adjacent to an activating group) is 1. The van der Waals surface area contributed by atoms with Crippen LogP contribution in [-0.4, -0.2) is 54.3 Å². The predicted octanol–water partition coefficient (Wildman–Crippen LogP) is 2.87. The highest BCUT2D eigenvalue weighted by atomic mass is 19.2. The Morgan fingerprint density at radius 3 is 2.37 bits per heavy atom. The van der Waals surface area contributed by atoms with Crippen molar-refractivity contribution in [2.24, 2.45) is 11.8 Å². The van der Waals surface area contributed by atoms with Crippen LogP contribution in [0.4, 0.5) is 18.9 Å². The molecule has 5 nitrogen and oxygen atoms in total. The number of halogens is 3. The fourth-order valence-corrected chi connectivity index (χ4v) is 3.47. The van der Waals surface area contributed by atoms with Gasteiger partial charge < -0.3 is 10.2 Å².